The van der Waals surface area contributed by atoms with Gasteiger partial charge in [0.05, 0.1) is 12.1 Å². The fourth-order valence-corrected chi connectivity index (χ4v) is 4.13. The lowest BCUT2D eigenvalue weighted by Crippen LogP contribution is -2.56. The molecule has 5 heteroatoms. The number of hydrogen-bond acceptors (Lipinski definition) is 2. The van der Waals surface area contributed by atoms with Crippen molar-refractivity contribution >= 4 is 16.9 Å². The van der Waals surface area contributed by atoms with Crippen molar-refractivity contribution in [1.82, 2.24) is 15.6 Å². The SMILES string of the molecule is Cc1ccc2[nH]c3c(c2c1)CC(NC(=O)NC(C)(CO)C1CC1)CC3. The van der Waals surface area contributed by atoms with Crippen molar-refractivity contribution in [2.24, 2.45) is 5.92 Å². The molecule has 1 heterocycles. The second kappa shape index (κ2) is 6.06. The minimum Gasteiger partial charge on any atom is -0.394 e. The van der Waals surface area contributed by atoms with Crippen LogP contribution in [0, 0.1) is 12.8 Å². The van der Waals surface area contributed by atoms with Crippen LogP contribution in [0.4, 0.5) is 4.79 Å². The maximum atomic E-state index is 12.4. The van der Waals surface area contributed by atoms with Crippen molar-refractivity contribution < 1.29 is 9.90 Å². The van der Waals surface area contributed by atoms with E-state index in [4.69, 9.17) is 0 Å². The number of nitrogens with one attached hydrogen (secondary N) is 3. The summed E-state index contributed by atoms with van der Waals surface area (Å²) in [4.78, 5) is 16.0. The van der Waals surface area contributed by atoms with Gasteiger partial charge >= 0.3 is 6.03 Å². The Bertz CT molecular complexity index is 809. The van der Waals surface area contributed by atoms with E-state index in [1.54, 1.807) is 0 Å². The van der Waals surface area contributed by atoms with Crippen LogP contribution in [-0.4, -0.2) is 34.3 Å². The van der Waals surface area contributed by atoms with E-state index in [1.165, 1.54) is 27.7 Å². The van der Waals surface area contributed by atoms with Gasteiger partial charge in [-0.25, -0.2) is 4.79 Å². The van der Waals surface area contributed by atoms with E-state index in [0.29, 0.717) is 5.92 Å². The van der Waals surface area contributed by atoms with E-state index in [0.717, 1.165) is 32.1 Å². The first-order valence-electron chi connectivity index (χ1n) is 9.28. The Morgan fingerprint density at radius 3 is 2.88 bits per heavy atom. The number of aliphatic hydroxyl groups excluding tert-OH is 1. The number of carbonyl (C=O) groups excluding carboxylic acids is 1. The van der Waals surface area contributed by atoms with Crippen LogP contribution in [0.5, 0.6) is 0 Å². The van der Waals surface area contributed by atoms with E-state index < -0.39 is 5.54 Å². The van der Waals surface area contributed by atoms with Crippen molar-refractivity contribution in [3.63, 3.8) is 0 Å². The molecule has 1 aromatic carbocycles. The third-order valence-electron chi connectivity index (χ3n) is 5.88. The van der Waals surface area contributed by atoms with Crippen LogP contribution in [0.2, 0.25) is 0 Å². The van der Waals surface area contributed by atoms with Crippen LogP contribution in [0.1, 0.15) is 43.0 Å². The summed E-state index contributed by atoms with van der Waals surface area (Å²) in [5.74, 6) is 0.401. The van der Waals surface area contributed by atoms with E-state index in [9.17, 15) is 9.90 Å². The molecule has 1 fully saturated rings. The second-order valence-electron chi connectivity index (χ2n) is 8.02. The normalized spacial score (nSPS) is 22.3. The van der Waals surface area contributed by atoms with Gasteiger partial charge in [0, 0.05) is 22.6 Å². The molecular formula is C20H27N3O2. The van der Waals surface area contributed by atoms with Crippen LogP contribution in [0.15, 0.2) is 18.2 Å². The Kier molecular flexibility index (Phi) is 3.99. The van der Waals surface area contributed by atoms with Crippen molar-refractivity contribution in [2.45, 2.75) is 57.5 Å². The van der Waals surface area contributed by atoms with Gasteiger partial charge in [-0.3, -0.25) is 0 Å². The van der Waals surface area contributed by atoms with Crippen LogP contribution >= 0.6 is 0 Å². The number of hydrogen-bond donors (Lipinski definition) is 4. The van der Waals surface area contributed by atoms with Gasteiger partial charge in [0.25, 0.3) is 0 Å². The van der Waals surface area contributed by atoms with Gasteiger partial charge in [0.15, 0.2) is 0 Å². The number of H-pyrrole nitrogens is 1. The van der Waals surface area contributed by atoms with Crippen molar-refractivity contribution in [3.8, 4) is 0 Å². The third-order valence-corrected chi connectivity index (χ3v) is 5.88. The summed E-state index contributed by atoms with van der Waals surface area (Å²) >= 11 is 0. The first-order chi connectivity index (χ1) is 12.0. The number of aliphatic hydroxyl groups is 1. The predicted molar refractivity (Wildman–Crippen MR) is 98.7 cm³/mol. The molecule has 2 amide bonds. The molecule has 0 bridgehead atoms. The number of aromatic nitrogens is 1. The van der Waals surface area contributed by atoms with Crippen molar-refractivity contribution in [2.75, 3.05) is 6.61 Å². The van der Waals surface area contributed by atoms with Gasteiger partial charge < -0.3 is 20.7 Å². The van der Waals surface area contributed by atoms with Crippen molar-refractivity contribution in [1.29, 1.82) is 0 Å². The highest BCUT2D eigenvalue weighted by molar-refractivity contribution is 5.86. The summed E-state index contributed by atoms with van der Waals surface area (Å²) in [7, 11) is 0. The van der Waals surface area contributed by atoms with E-state index in [-0.39, 0.29) is 18.7 Å². The average molecular weight is 341 g/mol. The number of carbonyl (C=O) groups is 1. The van der Waals surface area contributed by atoms with Gasteiger partial charge in [0.1, 0.15) is 0 Å². The Hall–Kier alpha value is -2.01. The maximum absolute atomic E-state index is 12.4. The predicted octanol–water partition coefficient (Wildman–Crippen LogP) is 2.79. The van der Waals surface area contributed by atoms with E-state index in [1.807, 2.05) is 6.92 Å². The summed E-state index contributed by atoms with van der Waals surface area (Å²) in [6, 6.07) is 6.46. The smallest absolute Gasteiger partial charge is 0.315 e. The maximum Gasteiger partial charge on any atom is 0.315 e. The van der Waals surface area contributed by atoms with E-state index >= 15 is 0 Å². The fraction of sp³-hybridized carbons (Fsp3) is 0.550. The molecule has 134 valence electrons. The monoisotopic (exact) mass is 341 g/mol. The minimum absolute atomic E-state index is 0.0123. The molecule has 2 atom stereocenters. The first kappa shape index (κ1) is 16.5. The van der Waals surface area contributed by atoms with Gasteiger partial charge in [-0.2, -0.15) is 0 Å². The Balaban J connectivity index is 1.46. The van der Waals surface area contributed by atoms with Crippen LogP contribution in [0.25, 0.3) is 10.9 Å². The zero-order chi connectivity index (χ0) is 17.6. The standard InChI is InChI=1S/C20H27N3O2/c1-12-3-7-17-15(9-12)16-10-14(6-8-18(16)22-17)21-19(25)23-20(2,11-24)13-4-5-13/h3,7,9,13-14,22,24H,4-6,8,10-11H2,1-2H3,(H2,21,23,25). The molecule has 4 N–H and O–H groups in total. The van der Waals surface area contributed by atoms with E-state index in [2.05, 4.69) is 40.7 Å². The molecule has 2 aliphatic rings. The highest BCUT2D eigenvalue weighted by Gasteiger charge is 2.42. The Morgan fingerprint density at radius 1 is 1.36 bits per heavy atom. The number of fused-ring (bicyclic) bond motifs is 3. The van der Waals surface area contributed by atoms with Crippen LogP contribution < -0.4 is 10.6 Å². The number of amides is 2. The molecule has 2 unspecified atom stereocenters. The highest BCUT2D eigenvalue weighted by atomic mass is 16.3. The molecule has 0 radical (unpaired) electrons. The topological polar surface area (TPSA) is 77.2 Å². The Labute approximate surface area is 148 Å². The number of benzene rings is 1. The quantitative estimate of drug-likeness (QED) is 0.690. The van der Waals surface area contributed by atoms with Crippen LogP contribution in [0.3, 0.4) is 0 Å². The van der Waals surface area contributed by atoms with Crippen LogP contribution in [-0.2, 0) is 12.8 Å². The number of aryl methyl sites for hydroxylation is 2. The minimum atomic E-state index is -0.498. The van der Waals surface area contributed by atoms with Gasteiger partial charge in [-0.15, -0.1) is 0 Å². The molecule has 2 aliphatic carbocycles. The average Bonchev–Trinajstić information content (AvgIpc) is 3.38. The molecule has 2 aromatic rings. The zero-order valence-corrected chi connectivity index (χ0v) is 15.0. The number of rotatable bonds is 4. The molecule has 25 heavy (non-hydrogen) atoms. The molecule has 1 aromatic heterocycles. The summed E-state index contributed by atoms with van der Waals surface area (Å²) in [5, 5.41) is 17.1. The summed E-state index contributed by atoms with van der Waals surface area (Å²) < 4.78 is 0. The molecule has 0 spiro atoms. The number of aromatic amines is 1. The van der Waals surface area contributed by atoms with Gasteiger partial charge in [0.2, 0.25) is 0 Å². The number of urea groups is 1. The second-order valence-corrected chi connectivity index (χ2v) is 8.02. The van der Waals surface area contributed by atoms with Gasteiger partial charge in [-0.1, -0.05) is 11.6 Å². The molecule has 5 nitrogen and oxygen atoms in total. The molecule has 4 rings (SSSR count). The lowest BCUT2D eigenvalue weighted by atomic mass is 9.91. The summed E-state index contributed by atoms with van der Waals surface area (Å²) in [6.07, 6.45) is 4.91. The molecule has 0 aliphatic heterocycles. The fourth-order valence-electron chi connectivity index (χ4n) is 4.13. The molecule has 0 saturated heterocycles. The zero-order valence-electron chi connectivity index (χ0n) is 15.0. The Morgan fingerprint density at radius 2 is 2.16 bits per heavy atom. The molecule has 1 saturated carbocycles. The third kappa shape index (κ3) is 3.13. The largest absolute Gasteiger partial charge is 0.394 e. The highest BCUT2D eigenvalue weighted by Crippen LogP contribution is 2.39. The summed E-state index contributed by atoms with van der Waals surface area (Å²) in [5.41, 5.74) is 4.58. The summed E-state index contributed by atoms with van der Waals surface area (Å²) in [6.45, 7) is 4.03. The lowest BCUT2D eigenvalue weighted by Gasteiger charge is -2.31. The lowest BCUT2D eigenvalue weighted by molar-refractivity contribution is 0.153. The molecular weight excluding hydrogens is 314 g/mol. The van der Waals surface area contributed by atoms with Gasteiger partial charge in [-0.05, 0) is 69.6 Å². The van der Waals surface area contributed by atoms with Crippen molar-refractivity contribution in [3.05, 3.63) is 35.0 Å². The first-order valence-corrected chi connectivity index (χ1v) is 9.28.